The molecular formula is C20H25NO4. The summed E-state index contributed by atoms with van der Waals surface area (Å²) < 4.78 is 10.2. The van der Waals surface area contributed by atoms with Gasteiger partial charge in [0, 0.05) is 6.92 Å². The minimum atomic E-state index is -0.610. The van der Waals surface area contributed by atoms with Gasteiger partial charge in [-0.3, -0.25) is 4.79 Å². The summed E-state index contributed by atoms with van der Waals surface area (Å²) in [5, 5.41) is 9.21. The largest absolute Gasteiger partial charge is 0.461 e. The van der Waals surface area contributed by atoms with Crippen LogP contribution in [0.4, 0.5) is 0 Å². The lowest BCUT2D eigenvalue weighted by molar-refractivity contribution is -0.140. The fourth-order valence-corrected chi connectivity index (χ4v) is 2.27. The van der Waals surface area contributed by atoms with E-state index in [1.54, 1.807) is 24.3 Å². The van der Waals surface area contributed by atoms with Gasteiger partial charge in [0.05, 0.1) is 6.61 Å². The van der Waals surface area contributed by atoms with Crippen LogP contribution in [0.25, 0.3) is 6.08 Å². The predicted octanol–water partition coefficient (Wildman–Crippen LogP) is 4.28. The summed E-state index contributed by atoms with van der Waals surface area (Å²) in [6.45, 7) is 5.85. The molecule has 1 unspecified atom stereocenters. The monoisotopic (exact) mass is 343 g/mol. The van der Waals surface area contributed by atoms with E-state index in [-0.39, 0.29) is 5.57 Å². The maximum absolute atomic E-state index is 12.1. The topological polar surface area (TPSA) is 76.4 Å². The third-order valence-corrected chi connectivity index (χ3v) is 3.79. The van der Waals surface area contributed by atoms with E-state index in [1.807, 2.05) is 6.07 Å². The molecule has 1 aromatic rings. The van der Waals surface area contributed by atoms with Crippen molar-refractivity contribution in [1.82, 2.24) is 0 Å². The Morgan fingerprint density at radius 3 is 2.44 bits per heavy atom. The first-order valence-corrected chi connectivity index (χ1v) is 8.57. The number of hydrogen-bond acceptors (Lipinski definition) is 5. The molecule has 0 N–H and O–H groups in total. The van der Waals surface area contributed by atoms with Crippen molar-refractivity contribution in [1.29, 1.82) is 5.26 Å². The molecule has 0 bridgehead atoms. The van der Waals surface area contributed by atoms with E-state index in [0.717, 1.165) is 25.7 Å². The highest BCUT2D eigenvalue weighted by molar-refractivity contribution is 5.97. The Morgan fingerprint density at radius 2 is 1.92 bits per heavy atom. The summed E-state index contributed by atoms with van der Waals surface area (Å²) >= 11 is 0. The summed E-state index contributed by atoms with van der Waals surface area (Å²) in [6.07, 6.45) is 5.63. The van der Waals surface area contributed by atoms with Crippen LogP contribution >= 0.6 is 0 Å². The number of esters is 2. The number of unbranched alkanes of at least 4 members (excludes halogenated alkanes) is 1. The van der Waals surface area contributed by atoms with Crippen molar-refractivity contribution >= 4 is 18.0 Å². The highest BCUT2D eigenvalue weighted by atomic mass is 16.5. The van der Waals surface area contributed by atoms with E-state index in [0.29, 0.717) is 23.8 Å². The number of ether oxygens (including phenoxy) is 2. The van der Waals surface area contributed by atoms with E-state index in [1.165, 1.54) is 13.0 Å². The molecule has 0 aromatic heterocycles. The Morgan fingerprint density at radius 1 is 1.24 bits per heavy atom. The van der Waals surface area contributed by atoms with Crippen molar-refractivity contribution in [3.63, 3.8) is 0 Å². The van der Waals surface area contributed by atoms with Gasteiger partial charge in [-0.15, -0.1) is 0 Å². The van der Waals surface area contributed by atoms with Crippen molar-refractivity contribution in [2.45, 2.75) is 46.5 Å². The van der Waals surface area contributed by atoms with Gasteiger partial charge in [-0.2, -0.15) is 5.26 Å². The van der Waals surface area contributed by atoms with Gasteiger partial charge in [-0.25, -0.2) is 4.79 Å². The fraction of sp³-hybridized carbons (Fsp3) is 0.450. The second-order valence-electron chi connectivity index (χ2n) is 5.85. The number of rotatable bonds is 9. The van der Waals surface area contributed by atoms with Gasteiger partial charge < -0.3 is 9.47 Å². The zero-order valence-electron chi connectivity index (χ0n) is 15.1. The zero-order chi connectivity index (χ0) is 18.7. The average Bonchev–Trinajstić information content (AvgIpc) is 2.60. The van der Waals surface area contributed by atoms with Crippen molar-refractivity contribution < 1.29 is 19.1 Å². The molecule has 0 aliphatic heterocycles. The maximum Gasteiger partial charge on any atom is 0.348 e. The second-order valence-corrected chi connectivity index (χ2v) is 5.85. The molecule has 0 radical (unpaired) electrons. The summed E-state index contributed by atoms with van der Waals surface area (Å²) in [5.74, 6) is -0.279. The predicted molar refractivity (Wildman–Crippen MR) is 95.6 cm³/mol. The molecule has 1 rings (SSSR count). The average molecular weight is 343 g/mol. The molecule has 25 heavy (non-hydrogen) atoms. The lowest BCUT2D eigenvalue weighted by Gasteiger charge is -2.14. The second kappa shape index (κ2) is 11.0. The molecule has 0 amide bonds. The van der Waals surface area contributed by atoms with E-state index in [2.05, 4.69) is 13.8 Å². The Labute approximate surface area is 149 Å². The van der Waals surface area contributed by atoms with Crippen LogP contribution in [0.15, 0.2) is 29.8 Å². The number of hydrogen-bond donors (Lipinski definition) is 0. The van der Waals surface area contributed by atoms with Crippen LogP contribution in [0.1, 0.15) is 52.0 Å². The van der Waals surface area contributed by atoms with E-state index in [4.69, 9.17) is 9.47 Å². The molecule has 0 heterocycles. The van der Waals surface area contributed by atoms with Crippen molar-refractivity contribution in [2.75, 3.05) is 6.61 Å². The summed E-state index contributed by atoms with van der Waals surface area (Å²) in [5.41, 5.74) is 0.605. The molecular weight excluding hydrogens is 318 g/mol. The van der Waals surface area contributed by atoms with Gasteiger partial charge in [0.15, 0.2) is 0 Å². The number of carbonyl (C=O) groups excluding carboxylic acids is 2. The quantitative estimate of drug-likeness (QED) is 0.289. The molecule has 0 saturated heterocycles. The van der Waals surface area contributed by atoms with Gasteiger partial charge in [0.1, 0.15) is 17.4 Å². The van der Waals surface area contributed by atoms with Crippen LogP contribution in [0.5, 0.6) is 5.75 Å². The van der Waals surface area contributed by atoms with Crippen LogP contribution in [-0.2, 0) is 14.3 Å². The third-order valence-electron chi connectivity index (χ3n) is 3.79. The minimum absolute atomic E-state index is 0.0504. The summed E-state index contributed by atoms with van der Waals surface area (Å²) in [7, 11) is 0. The molecule has 0 aliphatic rings. The Kier molecular flexibility index (Phi) is 9.02. The van der Waals surface area contributed by atoms with Gasteiger partial charge in [0.25, 0.3) is 0 Å². The molecule has 0 fully saturated rings. The van der Waals surface area contributed by atoms with Crippen LogP contribution in [0, 0.1) is 17.2 Å². The van der Waals surface area contributed by atoms with Crippen molar-refractivity contribution in [3.8, 4) is 11.8 Å². The molecule has 0 spiro atoms. The lowest BCUT2D eigenvalue weighted by Crippen LogP contribution is -2.15. The number of nitriles is 1. The molecule has 0 saturated carbocycles. The van der Waals surface area contributed by atoms with E-state index in [9.17, 15) is 14.9 Å². The Balaban J connectivity index is 2.70. The van der Waals surface area contributed by atoms with Crippen molar-refractivity contribution in [3.05, 3.63) is 35.4 Å². The number of benzene rings is 1. The molecule has 0 aliphatic carbocycles. The lowest BCUT2D eigenvalue weighted by atomic mass is 10.0. The summed E-state index contributed by atoms with van der Waals surface area (Å²) in [4.78, 5) is 23.0. The SMILES string of the molecule is CCCCC(CC)COC(=O)/C(C#N)=C/c1ccc(OC(C)=O)cc1. The molecule has 1 atom stereocenters. The van der Waals surface area contributed by atoms with E-state index < -0.39 is 11.9 Å². The molecule has 134 valence electrons. The Hall–Kier alpha value is -2.61. The fourth-order valence-electron chi connectivity index (χ4n) is 2.27. The van der Waals surface area contributed by atoms with Crippen LogP contribution in [0.2, 0.25) is 0 Å². The van der Waals surface area contributed by atoms with Crippen LogP contribution in [0.3, 0.4) is 0 Å². The first-order chi connectivity index (χ1) is 12.0. The molecule has 5 nitrogen and oxygen atoms in total. The normalized spacial score (nSPS) is 12.2. The maximum atomic E-state index is 12.1. The third kappa shape index (κ3) is 7.67. The number of nitrogens with zero attached hydrogens (tertiary/aromatic N) is 1. The minimum Gasteiger partial charge on any atom is -0.461 e. The summed E-state index contributed by atoms with van der Waals surface area (Å²) in [6, 6.07) is 8.42. The standard InChI is InChI=1S/C20H25NO4/c1-4-6-7-16(5-2)14-24-20(23)18(13-21)12-17-8-10-19(11-9-17)25-15(3)22/h8-12,16H,4-7,14H2,1-3H3/b18-12+. The van der Waals surface area contributed by atoms with Gasteiger partial charge in [-0.05, 0) is 36.1 Å². The van der Waals surface area contributed by atoms with Gasteiger partial charge in [0.2, 0.25) is 0 Å². The molecule has 5 heteroatoms. The highest BCUT2D eigenvalue weighted by Crippen LogP contribution is 2.17. The van der Waals surface area contributed by atoms with Gasteiger partial charge >= 0.3 is 11.9 Å². The highest BCUT2D eigenvalue weighted by Gasteiger charge is 2.14. The van der Waals surface area contributed by atoms with Gasteiger partial charge in [-0.1, -0.05) is 45.2 Å². The van der Waals surface area contributed by atoms with Crippen LogP contribution < -0.4 is 4.74 Å². The first kappa shape index (κ1) is 20.4. The van der Waals surface area contributed by atoms with E-state index >= 15 is 0 Å². The zero-order valence-corrected chi connectivity index (χ0v) is 15.1. The number of carbonyl (C=O) groups is 2. The van der Waals surface area contributed by atoms with Crippen LogP contribution in [-0.4, -0.2) is 18.5 Å². The molecule has 1 aromatic carbocycles. The Bertz CT molecular complexity index is 641. The smallest absolute Gasteiger partial charge is 0.348 e. The first-order valence-electron chi connectivity index (χ1n) is 8.57. The van der Waals surface area contributed by atoms with Crippen molar-refractivity contribution in [2.24, 2.45) is 5.92 Å².